The number of benzene rings is 2. The third-order valence-electron chi connectivity index (χ3n) is 4.29. The maximum Gasteiger partial charge on any atom is 0.258 e. The van der Waals surface area contributed by atoms with Crippen molar-refractivity contribution in [3.8, 4) is 11.5 Å². The Balaban J connectivity index is 1.55. The monoisotopic (exact) mass is 354 g/mol. The summed E-state index contributed by atoms with van der Waals surface area (Å²) >= 11 is 0. The molecule has 3 rings (SSSR count). The average molecular weight is 354 g/mol. The zero-order valence-corrected chi connectivity index (χ0v) is 14.7. The highest BCUT2D eigenvalue weighted by molar-refractivity contribution is 5.85. The molecule has 1 saturated heterocycles. The number of hydrogen-bond acceptors (Lipinski definition) is 6. The number of ether oxygens (including phenoxy) is 1. The van der Waals surface area contributed by atoms with Crippen LogP contribution in [0.5, 0.6) is 11.5 Å². The van der Waals surface area contributed by atoms with Crippen LogP contribution in [0.2, 0.25) is 0 Å². The van der Waals surface area contributed by atoms with E-state index in [1.54, 1.807) is 12.1 Å². The number of methoxy groups -OCH3 is 1. The first-order valence-electron chi connectivity index (χ1n) is 8.34. The van der Waals surface area contributed by atoms with E-state index < -0.39 is 0 Å². The van der Waals surface area contributed by atoms with Crippen LogP contribution in [0.4, 0.5) is 0 Å². The molecule has 136 valence electrons. The zero-order chi connectivity index (χ0) is 18.5. The second kappa shape index (κ2) is 7.99. The summed E-state index contributed by atoms with van der Waals surface area (Å²) in [6, 6.07) is 12.8. The van der Waals surface area contributed by atoms with Crippen LogP contribution in [0, 0.1) is 6.92 Å². The van der Waals surface area contributed by atoms with Crippen LogP contribution in [-0.2, 0) is 4.79 Å². The fourth-order valence-electron chi connectivity index (χ4n) is 2.77. The second-order valence-corrected chi connectivity index (χ2v) is 6.21. The van der Waals surface area contributed by atoms with E-state index in [2.05, 4.69) is 45.6 Å². The first-order chi connectivity index (χ1) is 12.6. The van der Waals surface area contributed by atoms with Crippen molar-refractivity contribution in [2.75, 3.05) is 7.11 Å². The lowest BCUT2D eigenvalue weighted by Crippen LogP contribution is -2.41. The van der Waals surface area contributed by atoms with Gasteiger partial charge < -0.3 is 9.84 Å². The molecule has 1 heterocycles. The lowest BCUT2D eigenvalue weighted by Gasteiger charge is -2.09. The molecule has 2 aromatic carbocycles. The summed E-state index contributed by atoms with van der Waals surface area (Å²) < 4.78 is 5.04. The lowest BCUT2D eigenvalue weighted by atomic mass is 10.0. The fraction of sp³-hybridized carbons (Fsp3) is 0.263. The van der Waals surface area contributed by atoms with Gasteiger partial charge in [0.1, 0.15) is 6.04 Å². The minimum atomic E-state index is -0.368. The Kier molecular flexibility index (Phi) is 5.50. The van der Waals surface area contributed by atoms with Crippen LogP contribution in [0.1, 0.15) is 29.2 Å². The van der Waals surface area contributed by atoms with E-state index >= 15 is 0 Å². The molecule has 0 aromatic heterocycles. The average Bonchev–Trinajstić information content (AvgIpc) is 3.14. The first kappa shape index (κ1) is 17.9. The van der Waals surface area contributed by atoms with Gasteiger partial charge in [-0.1, -0.05) is 29.8 Å². The molecule has 1 fully saturated rings. The number of phenols is 1. The Morgan fingerprint density at radius 1 is 1.27 bits per heavy atom. The molecule has 0 spiro atoms. The molecule has 2 aromatic rings. The molecular formula is C19H22N4O3. The van der Waals surface area contributed by atoms with E-state index in [1.165, 1.54) is 25.0 Å². The molecule has 1 aliphatic rings. The van der Waals surface area contributed by atoms with Gasteiger partial charge in [0.25, 0.3) is 5.91 Å². The number of hydrazine groups is 1. The number of hydrogen-bond donors (Lipinski definition) is 4. The van der Waals surface area contributed by atoms with E-state index in [1.807, 2.05) is 6.92 Å². The number of nitrogens with one attached hydrogen (secondary N) is 3. The van der Waals surface area contributed by atoms with Crippen molar-refractivity contribution in [2.45, 2.75) is 25.4 Å². The summed E-state index contributed by atoms with van der Waals surface area (Å²) in [5, 5.41) is 13.5. The smallest absolute Gasteiger partial charge is 0.258 e. The Hall–Kier alpha value is -2.90. The Morgan fingerprint density at radius 3 is 2.77 bits per heavy atom. The molecule has 4 N–H and O–H groups in total. The molecule has 0 radical (unpaired) electrons. The summed E-state index contributed by atoms with van der Waals surface area (Å²) in [5.74, 6) is 0.189. The maximum absolute atomic E-state index is 12.3. The molecule has 7 nitrogen and oxygen atoms in total. The van der Waals surface area contributed by atoms with E-state index in [0.29, 0.717) is 17.7 Å². The standard InChI is InChI=1S/C19H22N4O3/c1-12-3-6-14(7-4-12)15-10-16(22-21-15)19(25)23-20-11-13-5-8-17(24)18(9-13)26-2/h3-9,11,15-16,21-22,24H,10H2,1-2H3,(H,23,25)/b20-11+. The van der Waals surface area contributed by atoms with Crippen molar-refractivity contribution in [1.82, 2.24) is 16.3 Å². The number of amides is 1. The van der Waals surface area contributed by atoms with Crippen LogP contribution in [-0.4, -0.2) is 30.4 Å². The number of phenolic OH excluding ortho intramolecular Hbond substituents is 1. The molecule has 0 bridgehead atoms. The van der Waals surface area contributed by atoms with Crippen LogP contribution >= 0.6 is 0 Å². The summed E-state index contributed by atoms with van der Waals surface area (Å²) in [5.41, 5.74) is 11.7. The van der Waals surface area contributed by atoms with E-state index in [4.69, 9.17) is 4.74 Å². The van der Waals surface area contributed by atoms with Crippen LogP contribution in [0.3, 0.4) is 0 Å². The maximum atomic E-state index is 12.3. The quantitative estimate of drug-likeness (QED) is 0.485. The third-order valence-corrected chi connectivity index (χ3v) is 4.29. The predicted molar refractivity (Wildman–Crippen MR) is 99.0 cm³/mol. The molecule has 26 heavy (non-hydrogen) atoms. The van der Waals surface area contributed by atoms with Gasteiger partial charge in [-0.05, 0) is 42.7 Å². The van der Waals surface area contributed by atoms with Crippen molar-refractivity contribution in [2.24, 2.45) is 5.10 Å². The van der Waals surface area contributed by atoms with Gasteiger partial charge in [0.15, 0.2) is 11.5 Å². The Morgan fingerprint density at radius 2 is 2.04 bits per heavy atom. The minimum absolute atomic E-state index is 0.0528. The largest absolute Gasteiger partial charge is 0.504 e. The van der Waals surface area contributed by atoms with Crippen molar-refractivity contribution >= 4 is 12.1 Å². The SMILES string of the molecule is COc1cc(/C=N/NC(=O)C2CC(c3ccc(C)cc3)NN2)ccc1O. The van der Waals surface area contributed by atoms with Gasteiger partial charge in [-0.3, -0.25) is 4.79 Å². The topological polar surface area (TPSA) is 95.0 Å². The molecule has 1 aliphatic heterocycles. The van der Waals surface area contributed by atoms with Crippen molar-refractivity contribution in [3.05, 3.63) is 59.2 Å². The van der Waals surface area contributed by atoms with E-state index in [9.17, 15) is 9.90 Å². The highest BCUT2D eigenvalue weighted by Crippen LogP contribution is 2.25. The predicted octanol–water partition coefficient (Wildman–Crippen LogP) is 1.77. The fourth-order valence-corrected chi connectivity index (χ4v) is 2.77. The normalized spacial score (nSPS) is 19.6. The van der Waals surface area contributed by atoms with Gasteiger partial charge in [-0.2, -0.15) is 5.10 Å². The van der Waals surface area contributed by atoms with Crippen molar-refractivity contribution in [3.63, 3.8) is 0 Å². The summed E-state index contributed by atoms with van der Waals surface area (Å²) in [6.07, 6.45) is 2.14. The van der Waals surface area contributed by atoms with Crippen LogP contribution in [0.25, 0.3) is 0 Å². The Labute approximate surface area is 152 Å². The molecule has 2 unspecified atom stereocenters. The molecule has 1 amide bonds. The molecule has 2 atom stereocenters. The van der Waals surface area contributed by atoms with Gasteiger partial charge in [-0.15, -0.1) is 0 Å². The van der Waals surface area contributed by atoms with Gasteiger partial charge in [0.05, 0.1) is 13.3 Å². The van der Waals surface area contributed by atoms with Gasteiger partial charge in [0.2, 0.25) is 0 Å². The number of nitrogens with zero attached hydrogens (tertiary/aromatic N) is 1. The number of hydrazone groups is 1. The highest BCUT2D eigenvalue weighted by Gasteiger charge is 2.29. The third kappa shape index (κ3) is 4.19. The van der Waals surface area contributed by atoms with Gasteiger partial charge in [0, 0.05) is 6.04 Å². The zero-order valence-electron chi connectivity index (χ0n) is 14.7. The van der Waals surface area contributed by atoms with E-state index in [0.717, 1.165) is 5.56 Å². The molecular weight excluding hydrogens is 332 g/mol. The number of aryl methyl sites for hydroxylation is 1. The highest BCUT2D eigenvalue weighted by atomic mass is 16.5. The van der Waals surface area contributed by atoms with Crippen molar-refractivity contribution in [1.29, 1.82) is 0 Å². The lowest BCUT2D eigenvalue weighted by molar-refractivity contribution is -0.122. The second-order valence-electron chi connectivity index (χ2n) is 6.21. The van der Waals surface area contributed by atoms with E-state index in [-0.39, 0.29) is 23.7 Å². The van der Waals surface area contributed by atoms with Gasteiger partial charge in [-0.25, -0.2) is 16.3 Å². The summed E-state index contributed by atoms with van der Waals surface area (Å²) in [6.45, 7) is 2.04. The summed E-state index contributed by atoms with van der Waals surface area (Å²) in [7, 11) is 1.47. The number of rotatable bonds is 5. The first-order valence-corrected chi connectivity index (χ1v) is 8.34. The minimum Gasteiger partial charge on any atom is -0.504 e. The van der Waals surface area contributed by atoms with Crippen LogP contribution < -0.4 is 21.0 Å². The molecule has 0 aliphatic carbocycles. The summed E-state index contributed by atoms with van der Waals surface area (Å²) in [4.78, 5) is 12.3. The number of aromatic hydroxyl groups is 1. The van der Waals surface area contributed by atoms with Crippen LogP contribution in [0.15, 0.2) is 47.6 Å². The van der Waals surface area contributed by atoms with Crippen molar-refractivity contribution < 1.29 is 14.6 Å². The molecule has 7 heteroatoms. The molecule has 0 saturated carbocycles. The number of carbonyl (C=O) groups is 1. The number of carbonyl (C=O) groups excluding carboxylic acids is 1. The van der Waals surface area contributed by atoms with Gasteiger partial charge >= 0.3 is 0 Å². The Bertz CT molecular complexity index is 805.